The van der Waals surface area contributed by atoms with E-state index in [4.69, 9.17) is 23.2 Å². The van der Waals surface area contributed by atoms with E-state index >= 15 is 0 Å². The fourth-order valence-electron chi connectivity index (χ4n) is 2.95. The molecule has 3 rings (SSSR count). The largest absolute Gasteiger partial charge is 0.507 e. The second-order valence-electron chi connectivity index (χ2n) is 6.52. The van der Waals surface area contributed by atoms with Crippen molar-refractivity contribution >= 4 is 51.6 Å². The zero-order valence-electron chi connectivity index (χ0n) is 16.2. The third-order valence-electron chi connectivity index (χ3n) is 4.41. The highest BCUT2D eigenvalue weighted by atomic mass is 35.5. The van der Waals surface area contributed by atoms with Gasteiger partial charge in [0.2, 0.25) is 0 Å². The highest BCUT2D eigenvalue weighted by Gasteiger charge is 2.18. The predicted molar refractivity (Wildman–Crippen MR) is 116 cm³/mol. The lowest BCUT2D eigenvalue weighted by atomic mass is 10.1. The first-order valence-corrected chi connectivity index (χ1v) is 9.85. The zero-order chi connectivity index (χ0) is 22.7. The number of hydrogen-bond acceptors (Lipinski definition) is 5. The molecule has 0 unspecified atom stereocenters. The van der Waals surface area contributed by atoms with E-state index < -0.39 is 28.8 Å². The van der Waals surface area contributed by atoms with Crippen molar-refractivity contribution in [3.8, 4) is 0 Å². The van der Waals surface area contributed by atoms with Crippen LogP contribution in [0.4, 0.5) is 4.39 Å². The molecule has 0 atom stereocenters. The van der Waals surface area contributed by atoms with E-state index in [1.165, 1.54) is 37.4 Å². The molecule has 9 heteroatoms. The number of carbonyl (C=O) groups is 2. The molecule has 3 aromatic rings. The fraction of sp³-hybridized carbons (Fsp3) is 0.136. The van der Waals surface area contributed by atoms with Gasteiger partial charge in [-0.3, -0.25) is 9.59 Å². The van der Waals surface area contributed by atoms with Gasteiger partial charge >= 0.3 is 5.97 Å². The summed E-state index contributed by atoms with van der Waals surface area (Å²) in [5.41, 5.74) is 0.270. The van der Waals surface area contributed by atoms with Crippen molar-refractivity contribution in [2.45, 2.75) is 13.5 Å². The molecular formula is C22H16Cl2FNO5. The number of pyridine rings is 1. The number of ether oxygens (including phenoxy) is 1. The van der Waals surface area contributed by atoms with Gasteiger partial charge in [0.15, 0.2) is 5.43 Å². The Morgan fingerprint density at radius 1 is 1.16 bits per heavy atom. The van der Waals surface area contributed by atoms with Crippen LogP contribution >= 0.6 is 23.2 Å². The quantitative estimate of drug-likeness (QED) is 0.251. The standard InChI is InChI=1S/C22H16Cl2FNO5/c1-2-31-22(30)20(28)9-19(27)15-11-26(10-12-3-5-13(25)6-4-12)18-8-17(24)16(23)7-14(18)21(15)29/h3-9,11,27H,2,10H2,1H3/b19-9-. The van der Waals surface area contributed by atoms with Gasteiger partial charge in [0.25, 0.3) is 5.78 Å². The van der Waals surface area contributed by atoms with Crippen LogP contribution in [0.1, 0.15) is 18.1 Å². The molecule has 2 aromatic carbocycles. The van der Waals surface area contributed by atoms with Crippen LogP contribution in [0.5, 0.6) is 0 Å². The predicted octanol–water partition coefficient (Wildman–Crippen LogP) is 4.53. The van der Waals surface area contributed by atoms with Crippen LogP contribution in [-0.4, -0.2) is 28.0 Å². The number of ketones is 1. The number of aromatic nitrogens is 1. The van der Waals surface area contributed by atoms with Crippen molar-refractivity contribution in [1.29, 1.82) is 0 Å². The van der Waals surface area contributed by atoms with Gasteiger partial charge in [0, 0.05) is 24.2 Å². The SMILES string of the molecule is CCOC(=O)C(=O)/C=C(\O)c1cn(Cc2ccc(F)cc2)c2cc(Cl)c(Cl)cc2c1=O. The average molecular weight is 464 g/mol. The van der Waals surface area contributed by atoms with Crippen LogP contribution in [0.2, 0.25) is 10.0 Å². The topological polar surface area (TPSA) is 85.6 Å². The number of halogens is 3. The number of nitrogens with zero attached hydrogens (tertiary/aromatic N) is 1. The van der Waals surface area contributed by atoms with E-state index in [-0.39, 0.29) is 34.1 Å². The molecule has 0 spiro atoms. The lowest BCUT2D eigenvalue weighted by Gasteiger charge is -2.14. The van der Waals surface area contributed by atoms with Crippen molar-refractivity contribution in [3.63, 3.8) is 0 Å². The van der Waals surface area contributed by atoms with Crippen molar-refractivity contribution in [1.82, 2.24) is 4.57 Å². The Hall–Kier alpha value is -3.16. The van der Waals surface area contributed by atoms with Gasteiger partial charge in [0.1, 0.15) is 11.6 Å². The van der Waals surface area contributed by atoms with E-state index in [1.807, 2.05) is 0 Å². The van der Waals surface area contributed by atoms with Gasteiger partial charge in [0.05, 0.1) is 27.7 Å². The summed E-state index contributed by atoms with van der Waals surface area (Å²) in [4.78, 5) is 36.4. The first-order chi connectivity index (χ1) is 14.7. The van der Waals surface area contributed by atoms with Crippen molar-refractivity contribution in [2.75, 3.05) is 6.61 Å². The Kier molecular flexibility index (Phi) is 6.77. The normalized spacial score (nSPS) is 11.5. The number of aliphatic hydroxyl groups excluding tert-OH is 1. The Morgan fingerprint density at radius 2 is 1.81 bits per heavy atom. The molecule has 0 aliphatic heterocycles. The Morgan fingerprint density at radius 3 is 2.45 bits per heavy atom. The molecule has 160 valence electrons. The summed E-state index contributed by atoms with van der Waals surface area (Å²) in [5, 5.41) is 10.9. The number of esters is 1. The minimum atomic E-state index is -1.16. The first-order valence-electron chi connectivity index (χ1n) is 9.10. The molecule has 0 aliphatic carbocycles. The summed E-state index contributed by atoms with van der Waals surface area (Å²) in [7, 11) is 0. The van der Waals surface area contributed by atoms with Crippen molar-refractivity contribution < 1.29 is 23.8 Å². The van der Waals surface area contributed by atoms with Crippen molar-refractivity contribution in [3.05, 3.63) is 85.9 Å². The smallest absolute Gasteiger partial charge is 0.379 e. The summed E-state index contributed by atoms with van der Waals surface area (Å²) in [5.74, 6) is -3.37. The fourth-order valence-corrected chi connectivity index (χ4v) is 3.27. The summed E-state index contributed by atoms with van der Waals surface area (Å²) >= 11 is 12.2. The van der Waals surface area contributed by atoms with E-state index in [2.05, 4.69) is 4.74 Å². The lowest BCUT2D eigenvalue weighted by molar-refractivity contribution is -0.151. The third kappa shape index (κ3) is 4.95. The van der Waals surface area contributed by atoms with Gasteiger partial charge in [-0.25, -0.2) is 9.18 Å². The molecule has 1 N–H and O–H groups in total. The van der Waals surface area contributed by atoms with Gasteiger partial charge in [-0.1, -0.05) is 35.3 Å². The number of hydrogen-bond donors (Lipinski definition) is 1. The van der Waals surface area contributed by atoms with E-state index in [1.54, 1.807) is 16.7 Å². The highest BCUT2D eigenvalue weighted by Crippen LogP contribution is 2.28. The molecule has 6 nitrogen and oxygen atoms in total. The third-order valence-corrected chi connectivity index (χ3v) is 5.13. The molecule has 0 bridgehead atoms. The van der Waals surface area contributed by atoms with Gasteiger partial charge in [-0.05, 0) is 36.8 Å². The van der Waals surface area contributed by atoms with Gasteiger partial charge in [-0.2, -0.15) is 0 Å². The second-order valence-corrected chi connectivity index (χ2v) is 7.34. The van der Waals surface area contributed by atoms with Crippen molar-refractivity contribution in [2.24, 2.45) is 0 Å². The summed E-state index contributed by atoms with van der Waals surface area (Å²) in [6.45, 7) is 1.71. The Bertz CT molecular complexity index is 1270. The maximum Gasteiger partial charge on any atom is 0.379 e. The number of aliphatic hydroxyl groups is 1. The second kappa shape index (κ2) is 9.32. The first kappa shape index (κ1) is 22.5. The molecule has 31 heavy (non-hydrogen) atoms. The average Bonchev–Trinajstić information content (AvgIpc) is 2.73. The molecule has 0 aliphatic rings. The van der Waals surface area contributed by atoms with Crippen LogP contribution in [-0.2, 0) is 20.9 Å². The van der Waals surface area contributed by atoms with Gasteiger partial charge < -0.3 is 14.4 Å². The molecular weight excluding hydrogens is 448 g/mol. The number of carbonyl (C=O) groups excluding carboxylic acids is 2. The number of rotatable bonds is 6. The van der Waals surface area contributed by atoms with E-state index in [0.29, 0.717) is 17.2 Å². The summed E-state index contributed by atoms with van der Waals surface area (Å²) in [6.07, 6.45) is 1.95. The van der Waals surface area contributed by atoms with Gasteiger partial charge in [-0.15, -0.1) is 0 Å². The van der Waals surface area contributed by atoms with E-state index in [0.717, 1.165) is 0 Å². The minimum absolute atomic E-state index is 0.0150. The monoisotopic (exact) mass is 463 g/mol. The zero-order valence-corrected chi connectivity index (χ0v) is 17.7. The van der Waals surface area contributed by atoms with Crippen LogP contribution in [0.15, 0.2) is 53.5 Å². The lowest BCUT2D eigenvalue weighted by Crippen LogP contribution is -2.18. The number of benzene rings is 2. The molecule has 0 fully saturated rings. The molecule has 0 saturated carbocycles. The maximum absolute atomic E-state index is 13.2. The van der Waals surface area contributed by atoms with Crippen LogP contribution < -0.4 is 5.43 Å². The highest BCUT2D eigenvalue weighted by molar-refractivity contribution is 6.42. The molecule has 1 aromatic heterocycles. The molecule has 1 heterocycles. The Labute approximate surface area is 186 Å². The minimum Gasteiger partial charge on any atom is -0.507 e. The van der Waals surface area contributed by atoms with E-state index in [9.17, 15) is 23.9 Å². The summed E-state index contributed by atoms with van der Waals surface area (Å²) < 4.78 is 19.4. The Balaban J connectivity index is 2.18. The van der Waals surface area contributed by atoms with Crippen LogP contribution in [0.25, 0.3) is 16.7 Å². The molecule has 0 saturated heterocycles. The molecule has 0 amide bonds. The summed E-state index contributed by atoms with van der Waals surface area (Å²) in [6, 6.07) is 8.57. The van der Waals surface area contributed by atoms with Crippen LogP contribution in [0.3, 0.4) is 0 Å². The number of fused-ring (bicyclic) bond motifs is 1. The van der Waals surface area contributed by atoms with Crippen LogP contribution in [0, 0.1) is 5.82 Å². The molecule has 0 radical (unpaired) electrons. The maximum atomic E-state index is 13.2.